The van der Waals surface area contributed by atoms with Crippen LogP contribution in [0.3, 0.4) is 0 Å². The van der Waals surface area contributed by atoms with Crippen LogP contribution in [0.1, 0.15) is 39.2 Å². The maximum absolute atomic E-state index is 12.7. The number of carbonyl (C=O) groups excluding carboxylic acids is 2. The van der Waals surface area contributed by atoms with Crippen LogP contribution in [0.25, 0.3) is 0 Å². The number of aliphatic hydroxyl groups is 1. The van der Waals surface area contributed by atoms with Gasteiger partial charge in [-0.15, -0.1) is 0 Å². The van der Waals surface area contributed by atoms with E-state index in [1.165, 1.54) is 19.4 Å². The van der Waals surface area contributed by atoms with Crippen LogP contribution in [0.15, 0.2) is 30.4 Å². The molecule has 1 aromatic carbocycles. The first-order valence-electron chi connectivity index (χ1n) is 12.1. The number of hydrogen-bond donors (Lipinski definition) is 2. The molecule has 2 N–H and O–H groups in total. The lowest BCUT2D eigenvalue weighted by atomic mass is 9.47. The fraction of sp³-hybridized carbons (Fsp3) is 0.615. The van der Waals surface area contributed by atoms with Crippen LogP contribution >= 0.6 is 0 Å². The molecular weight excluding hydrogens is 434 g/mol. The minimum Gasteiger partial charge on any atom is -0.497 e. The first-order chi connectivity index (χ1) is 16.2. The highest BCUT2D eigenvalue weighted by atomic mass is 16.6. The lowest BCUT2D eigenvalue weighted by Crippen LogP contribution is -2.81. The molecule has 5 rings (SSSR count). The summed E-state index contributed by atoms with van der Waals surface area (Å²) in [5.41, 5.74) is -0.338. The van der Waals surface area contributed by atoms with E-state index in [-0.39, 0.29) is 18.5 Å². The number of nitrogens with zero attached hydrogens (tertiary/aromatic N) is 2. The quantitative estimate of drug-likeness (QED) is 0.500. The van der Waals surface area contributed by atoms with Crippen LogP contribution in [-0.2, 0) is 19.7 Å². The molecule has 3 aliphatic heterocycles. The third-order valence-corrected chi connectivity index (χ3v) is 8.84. The molecule has 1 saturated carbocycles. The van der Waals surface area contributed by atoms with Gasteiger partial charge in [0.15, 0.2) is 0 Å². The van der Waals surface area contributed by atoms with Crippen LogP contribution in [0.2, 0.25) is 0 Å². The Balaban J connectivity index is 1.81. The number of hydrogen-bond acceptors (Lipinski definition) is 7. The van der Waals surface area contributed by atoms with Crippen molar-refractivity contribution in [3.05, 3.63) is 35.9 Å². The molecule has 2 fully saturated rings. The molecule has 6 atom stereocenters. The zero-order valence-electron chi connectivity index (χ0n) is 20.6. The van der Waals surface area contributed by atoms with E-state index in [1.54, 1.807) is 7.11 Å². The Morgan fingerprint density at radius 1 is 1.26 bits per heavy atom. The lowest BCUT2D eigenvalue weighted by Gasteiger charge is -2.64. The highest BCUT2D eigenvalue weighted by Gasteiger charge is 2.77. The maximum atomic E-state index is 12.7. The Bertz CT molecular complexity index is 1060. The molecule has 1 unspecified atom stereocenters. The molecular formula is C26H35N3O5. The monoisotopic (exact) mass is 469 g/mol. The van der Waals surface area contributed by atoms with E-state index >= 15 is 0 Å². The Kier molecular flexibility index (Phi) is 5.26. The van der Waals surface area contributed by atoms with Gasteiger partial charge in [-0.05, 0) is 31.0 Å². The van der Waals surface area contributed by atoms with Crippen LogP contribution in [0.4, 0.5) is 5.69 Å². The summed E-state index contributed by atoms with van der Waals surface area (Å²) in [6.45, 7) is 6.63. The highest BCUT2D eigenvalue weighted by molar-refractivity contribution is 5.74. The lowest BCUT2D eigenvalue weighted by molar-refractivity contribution is -0.217. The molecule has 8 heteroatoms. The normalized spacial score (nSPS) is 37.6. The van der Waals surface area contributed by atoms with Crippen molar-refractivity contribution in [2.75, 3.05) is 38.7 Å². The van der Waals surface area contributed by atoms with Gasteiger partial charge in [0.25, 0.3) is 0 Å². The standard InChI is InChI=1S/C26H35N3O5/c1-6-24-10-7-12-29-13-11-25(21(24)29)19-9-8-18(33-5)14-20(19)28(4)22(25)26(32,15-27-16(2)30)23(24)34-17(3)31/h7-10,14,21-23,32H,6,11-13,15H2,1-5H3,(H,27,30)/t21?,22-,23-,24-,25-,26+/m1/s1. The molecule has 1 spiro atoms. The second-order valence-corrected chi connectivity index (χ2v) is 10.3. The predicted molar refractivity (Wildman–Crippen MR) is 128 cm³/mol. The van der Waals surface area contributed by atoms with Gasteiger partial charge in [-0.2, -0.15) is 0 Å². The van der Waals surface area contributed by atoms with Gasteiger partial charge in [0.05, 0.1) is 19.7 Å². The van der Waals surface area contributed by atoms with Crippen molar-refractivity contribution in [3.63, 3.8) is 0 Å². The summed E-state index contributed by atoms with van der Waals surface area (Å²) >= 11 is 0. The van der Waals surface area contributed by atoms with Crippen molar-refractivity contribution in [2.45, 2.75) is 62.8 Å². The first kappa shape index (κ1) is 23.2. The molecule has 184 valence electrons. The largest absolute Gasteiger partial charge is 0.497 e. The van der Waals surface area contributed by atoms with Gasteiger partial charge >= 0.3 is 5.97 Å². The topological polar surface area (TPSA) is 91.3 Å². The van der Waals surface area contributed by atoms with E-state index in [1.807, 2.05) is 19.2 Å². The van der Waals surface area contributed by atoms with Gasteiger partial charge < -0.3 is 24.8 Å². The number of rotatable bonds is 5. The van der Waals surface area contributed by atoms with E-state index < -0.39 is 34.5 Å². The molecule has 1 aliphatic carbocycles. The summed E-state index contributed by atoms with van der Waals surface area (Å²) in [7, 11) is 3.64. The average Bonchev–Trinajstić information content (AvgIpc) is 3.32. The smallest absolute Gasteiger partial charge is 0.303 e. The summed E-state index contributed by atoms with van der Waals surface area (Å²) in [6.07, 6.45) is 5.04. The Morgan fingerprint density at radius 2 is 2.03 bits per heavy atom. The summed E-state index contributed by atoms with van der Waals surface area (Å²) in [5, 5.41) is 15.6. The minimum atomic E-state index is -1.53. The second kappa shape index (κ2) is 7.71. The summed E-state index contributed by atoms with van der Waals surface area (Å²) in [5.74, 6) is 0.0847. The fourth-order valence-electron chi connectivity index (χ4n) is 7.91. The summed E-state index contributed by atoms with van der Waals surface area (Å²) in [6, 6.07) is 5.79. The molecule has 8 nitrogen and oxygen atoms in total. The third kappa shape index (κ3) is 2.78. The Morgan fingerprint density at radius 3 is 2.68 bits per heavy atom. The number of amides is 1. The zero-order chi connectivity index (χ0) is 24.5. The van der Waals surface area contributed by atoms with E-state index in [2.05, 4.69) is 40.3 Å². The molecule has 4 aliphatic rings. The van der Waals surface area contributed by atoms with Gasteiger partial charge in [0, 0.05) is 56.1 Å². The summed E-state index contributed by atoms with van der Waals surface area (Å²) < 4.78 is 11.6. The third-order valence-electron chi connectivity index (χ3n) is 8.84. The predicted octanol–water partition coefficient (Wildman–Crippen LogP) is 1.60. The number of fused-ring (bicyclic) bond motifs is 1. The van der Waals surface area contributed by atoms with Gasteiger partial charge in [0.2, 0.25) is 5.91 Å². The number of ether oxygens (including phenoxy) is 2. The number of benzene rings is 1. The molecule has 3 heterocycles. The SMILES string of the molecule is CC[C@]12C=CCN3CC[C@@]4(c5ccc(OC)cc5N(C)[C@H]4[C@@](O)(CNC(C)=O)[C@@H]1OC(C)=O)C32. The van der Waals surface area contributed by atoms with Crippen LogP contribution in [-0.4, -0.2) is 79.5 Å². The molecule has 34 heavy (non-hydrogen) atoms. The second-order valence-electron chi connectivity index (χ2n) is 10.3. The van der Waals surface area contributed by atoms with Crippen LogP contribution in [0, 0.1) is 5.41 Å². The highest BCUT2D eigenvalue weighted by Crippen LogP contribution is 2.67. The van der Waals surface area contributed by atoms with Crippen molar-refractivity contribution in [1.82, 2.24) is 10.2 Å². The van der Waals surface area contributed by atoms with E-state index in [9.17, 15) is 14.7 Å². The van der Waals surface area contributed by atoms with Crippen molar-refractivity contribution in [3.8, 4) is 5.75 Å². The average molecular weight is 470 g/mol. The van der Waals surface area contributed by atoms with Crippen molar-refractivity contribution in [1.29, 1.82) is 0 Å². The van der Waals surface area contributed by atoms with Crippen molar-refractivity contribution < 1.29 is 24.2 Å². The molecule has 0 aromatic heterocycles. The Hall–Kier alpha value is -2.58. The number of methoxy groups -OCH3 is 1. The van der Waals surface area contributed by atoms with Gasteiger partial charge in [-0.25, -0.2) is 0 Å². The molecule has 1 aromatic rings. The number of likely N-dealkylation sites (N-methyl/N-ethyl adjacent to an activating group) is 1. The van der Waals surface area contributed by atoms with E-state index in [4.69, 9.17) is 9.47 Å². The van der Waals surface area contributed by atoms with Gasteiger partial charge in [-0.1, -0.05) is 25.1 Å². The fourth-order valence-corrected chi connectivity index (χ4v) is 7.91. The summed E-state index contributed by atoms with van der Waals surface area (Å²) in [4.78, 5) is 29.1. The van der Waals surface area contributed by atoms with Crippen molar-refractivity contribution in [2.24, 2.45) is 5.41 Å². The molecule has 0 bridgehead atoms. The van der Waals surface area contributed by atoms with Crippen LogP contribution < -0.4 is 15.0 Å². The van der Waals surface area contributed by atoms with E-state index in [0.717, 1.165) is 30.9 Å². The zero-order valence-corrected chi connectivity index (χ0v) is 20.6. The molecule has 1 saturated heterocycles. The minimum absolute atomic E-state index is 0.00945. The number of nitrogens with one attached hydrogen (secondary N) is 1. The maximum Gasteiger partial charge on any atom is 0.303 e. The Labute approximate surface area is 200 Å². The molecule has 0 radical (unpaired) electrons. The van der Waals surface area contributed by atoms with Gasteiger partial charge in [0.1, 0.15) is 17.5 Å². The van der Waals surface area contributed by atoms with Gasteiger partial charge in [-0.3, -0.25) is 14.5 Å². The van der Waals surface area contributed by atoms with Crippen LogP contribution in [0.5, 0.6) is 5.75 Å². The molecule has 1 amide bonds. The number of anilines is 1. The first-order valence-corrected chi connectivity index (χ1v) is 12.1. The van der Waals surface area contributed by atoms with Crippen molar-refractivity contribution >= 4 is 17.6 Å². The van der Waals surface area contributed by atoms with E-state index in [0.29, 0.717) is 6.42 Å². The number of esters is 1. The number of carbonyl (C=O) groups is 2.